The third-order valence-electron chi connectivity index (χ3n) is 4.21. The fraction of sp³-hybridized carbons (Fsp3) is 0.562. The molecule has 2 N–H and O–H groups in total. The molecule has 0 saturated heterocycles. The second kappa shape index (κ2) is 6.20. The van der Waals surface area contributed by atoms with Crippen LogP contribution in [-0.2, 0) is 4.79 Å². The second-order valence-corrected chi connectivity index (χ2v) is 5.62. The minimum absolute atomic E-state index is 0.0607. The van der Waals surface area contributed by atoms with Crippen LogP contribution in [0.3, 0.4) is 0 Å². The van der Waals surface area contributed by atoms with Gasteiger partial charge in [-0.15, -0.1) is 0 Å². The Balaban J connectivity index is 2.90. The molecule has 19 heavy (non-hydrogen) atoms. The number of carbonyl (C=O) groups excluding carboxylic acids is 1. The molecule has 3 heteroatoms. The monoisotopic (exact) mass is 262 g/mol. The van der Waals surface area contributed by atoms with Crippen LogP contribution in [0, 0.1) is 12.3 Å². The van der Waals surface area contributed by atoms with E-state index in [0.29, 0.717) is 6.54 Å². The van der Waals surface area contributed by atoms with Gasteiger partial charge < -0.3 is 10.6 Å². The van der Waals surface area contributed by atoms with E-state index in [1.165, 1.54) is 5.56 Å². The van der Waals surface area contributed by atoms with Crippen LogP contribution in [0.5, 0.6) is 0 Å². The van der Waals surface area contributed by atoms with E-state index in [4.69, 9.17) is 5.73 Å². The van der Waals surface area contributed by atoms with Gasteiger partial charge in [-0.1, -0.05) is 36.8 Å². The van der Waals surface area contributed by atoms with Gasteiger partial charge in [0, 0.05) is 13.6 Å². The summed E-state index contributed by atoms with van der Waals surface area (Å²) >= 11 is 0. The molecule has 2 atom stereocenters. The quantitative estimate of drug-likeness (QED) is 0.887. The van der Waals surface area contributed by atoms with Gasteiger partial charge in [-0.25, -0.2) is 0 Å². The average molecular weight is 262 g/mol. The highest BCUT2D eigenvalue weighted by Gasteiger charge is 2.34. The van der Waals surface area contributed by atoms with Gasteiger partial charge in [0.2, 0.25) is 5.91 Å². The molecule has 1 amide bonds. The van der Waals surface area contributed by atoms with Crippen molar-refractivity contribution in [2.75, 3.05) is 13.6 Å². The maximum absolute atomic E-state index is 12.6. The van der Waals surface area contributed by atoms with Crippen molar-refractivity contribution < 1.29 is 4.79 Å². The van der Waals surface area contributed by atoms with Crippen molar-refractivity contribution in [3.63, 3.8) is 0 Å². The Morgan fingerprint density at radius 2 is 1.89 bits per heavy atom. The number of amides is 1. The van der Waals surface area contributed by atoms with Crippen LogP contribution >= 0.6 is 0 Å². The normalized spacial score (nSPS) is 15.7. The number of benzene rings is 1. The van der Waals surface area contributed by atoms with Gasteiger partial charge in [0.15, 0.2) is 0 Å². The van der Waals surface area contributed by atoms with E-state index in [9.17, 15) is 4.79 Å². The van der Waals surface area contributed by atoms with E-state index in [0.717, 1.165) is 12.0 Å². The fourth-order valence-electron chi connectivity index (χ4n) is 2.05. The highest BCUT2D eigenvalue weighted by Crippen LogP contribution is 2.27. The third-order valence-corrected chi connectivity index (χ3v) is 4.21. The Bertz CT molecular complexity index is 421. The van der Waals surface area contributed by atoms with Crippen molar-refractivity contribution >= 4 is 5.91 Å². The van der Waals surface area contributed by atoms with Gasteiger partial charge in [0.05, 0.1) is 11.5 Å². The first-order chi connectivity index (χ1) is 8.85. The predicted molar refractivity (Wildman–Crippen MR) is 79.8 cm³/mol. The lowest BCUT2D eigenvalue weighted by atomic mass is 9.85. The molecule has 106 valence electrons. The van der Waals surface area contributed by atoms with Crippen molar-refractivity contribution in [2.45, 2.75) is 40.2 Å². The number of nitrogens with zero attached hydrogens (tertiary/aromatic N) is 1. The summed E-state index contributed by atoms with van der Waals surface area (Å²) in [6.45, 7) is 8.44. The van der Waals surface area contributed by atoms with Crippen LogP contribution in [-0.4, -0.2) is 24.4 Å². The maximum Gasteiger partial charge on any atom is 0.230 e. The number of carbonyl (C=O) groups is 1. The first-order valence-electron chi connectivity index (χ1n) is 6.89. The van der Waals surface area contributed by atoms with E-state index in [-0.39, 0.29) is 11.9 Å². The van der Waals surface area contributed by atoms with Crippen molar-refractivity contribution in [3.8, 4) is 0 Å². The second-order valence-electron chi connectivity index (χ2n) is 5.62. The molecule has 0 aliphatic rings. The number of nitrogens with two attached hydrogens (primary N) is 1. The van der Waals surface area contributed by atoms with Crippen LogP contribution in [0.15, 0.2) is 24.3 Å². The summed E-state index contributed by atoms with van der Waals surface area (Å²) < 4.78 is 0. The highest BCUT2D eigenvalue weighted by atomic mass is 16.2. The van der Waals surface area contributed by atoms with Crippen molar-refractivity contribution in [1.29, 1.82) is 0 Å². The first-order valence-corrected chi connectivity index (χ1v) is 6.89. The first kappa shape index (κ1) is 15.7. The minimum atomic E-state index is -0.465. The van der Waals surface area contributed by atoms with E-state index < -0.39 is 5.41 Å². The Labute approximate surface area is 116 Å². The minimum Gasteiger partial charge on any atom is -0.338 e. The van der Waals surface area contributed by atoms with Crippen LogP contribution in [0.1, 0.15) is 44.4 Å². The SMILES string of the molecule is CCC(C)(CN)C(=O)N(C)C(C)c1ccc(C)cc1. The summed E-state index contributed by atoms with van der Waals surface area (Å²) in [6.07, 6.45) is 0.757. The molecule has 0 saturated carbocycles. The van der Waals surface area contributed by atoms with Gasteiger partial charge in [0.1, 0.15) is 0 Å². The van der Waals surface area contributed by atoms with E-state index in [1.54, 1.807) is 4.90 Å². The molecule has 0 spiro atoms. The summed E-state index contributed by atoms with van der Waals surface area (Å²) in [5.74, 6) is 0.116. The standard InChI is InChI=1S/C16H26N2O/c1-6-16(4,11-17)15(19)18(5)13(3)14-9-7-12(2)8-10-14/h7-10,13H,6,11,17H2,1-5H3. The highest BCUT2D eigenvalue weighted by molar-refractivity contribution is 5.82. The molecule has 0 aliphatic heterocycles. The topological polar surface area (TPSA) is 46.3 Å². The lowest BCUT2D eigenvalue weighted by Gasteiger charge is -2.34. The molecule has 0 heterocycles. The largest absolute Gasteiger partial charge is 0.338 e. The van der Waals surface area contributed by atoms with Crippen LogP contribution in [0.4, 0.5) is 0 Å². The molecule has 0 bridgehead atoms. The van der Waals surface area contributed by atoms with Crippen molar-refractivity contribution in [1.82, 2.24) is 4.90 Å². The predicted octanol–water partition coefficient (Wildman–Crippen LogP) is 2.89. The average Bonchev–Trinajstić information content (AvgIpc) is 2.44. The zero-order valence-corrected chi connectivity index (χ0v) is 12.7. The van der Waals surface area contributed by atoms with Gasteiger partial charge in [-0.2, -0.15) is 0 Å². The fourth-order valence-corrected chi connectivity index (χ4v) is 2.05. The molecule has 0 aliphatic carbocycles. The smallest absolute Gasteiger partial charge is 0.230 e. The molecule has 0 fully saturated rings. The number of hydrogen-bond acceptors (Lipinski definition) is 2. The lowest BCUT2D eigenvalue weighted by Crippen LogP contribution is -2.45. The maximum atomic E-state index is 12.6. The molecular formula is C16H26N2O. The number of hydrogen-bond donors (Lipinski definition) is 1. The summed E-state index contributed by atoms with van der Waals surface area (Å²) in [5.41, 5.74) is 7.68. The molecule has 3 nitrogen and oxygen atoms in total. The van der Waals surface area contributed by atoms with Crippen LogP contribution < -0.4 is 5.73 Å². The van der Waals surface area contributed by atoms with Crippen LogP contribution in [0.25, 0.3) is 0 Å². The van der Waals surface area contributed by atoms with Crippen LogP contribution in [0.2, 0.25) is 0 Å². The molecule has 2 unspecified atom stereocenters. The third kappa shape index (κ3) is 3.35. The summed E-state index contributed by atoms with van der Waals surface area (Å²) in [6, 6.07) is 8.37. The lowest BCUT2D eigenvalue weighted by molar-refractivity contribution is -0.141. The van der Waals surface area contributed by atoms with E-state index >= 15 is 0 Å². The Kier molecular flexibility index (Phi) is 5.12. The zero-order valence-electron chi connectivity index (χ0n) is 12.7. The Hall–Kier alpha value is -1.35. The van der Waals surface area contributed by atoms with Gasteiger partial charge >= 0.3 is 0 Å². The zero-order chi connectivity index (χ0) is 14.6. The summed E-state index contributed by atoms with van der Waals surface area (Å²) in [4.78, 5) is 14.4. The molecular weight excluding hydrogens is 236 g/mol. The van der Waals surface area contributed by atoms with Gasteiger partial charge in [-0.05, 0) is 32.8 Å². The number of rotatable bonds is 5. The van der Waals surface area contributed by atoms with Crippen molar-refractivity contribution in [3.05, 3.63) is 35.4 Å². The van der Waals surface area contributed by atoms with E-state index in [1.807, 2.05) is 20.9 Å². The van der Waals surface area contributed by atoms with Crippen molar-refractivity contribution in [2.24, 2.45) is 11.1 Å². The molecule has 1 aromatic carbocycles. The summed E-state index contributed by atoms with van der Waals surface area (Å²) in [7, 11) is 1.86. The molecule has 1 aromatic rings. The van der Waals surface area contributed by atoms with Gasteiger partial charge in [0.25, 0.3) is 0 Å². The Morgan fingerprint density at radius 3 is 2.32 bits per heavy atom. The Morgan fingerprint density at radius 1 is 1.37 bits per heavy atom. The molecule has 0 radical (unpaired) electrons. The van der Waals surface area contributed by atoms with Gasteiger partial charge in [-0.3, -0.25) is 4.79 Å². The van der Waals surface area contributed by atoms with E-state index in [2.05, 4.69) is 38.1 Å². The number of aryl methyl sites for hydroxylation is 1. The summed E-state index contributed by atoms with van der Waals surface area (Å²) in [5, 5.41) is 0. The molecule has 0 aromatic heterocycles. The molecule has 1 rings (SSSR count).